The Hall–Kier alpha value is -1.36. The molecule has 0 amide bonds. The van der Waals surface area contributed by atoms with Gasteiger partial charge in [0.1, 0.15) is 0 Å². The van der Waals surface area contributed by atoms with Gasteiger partial charge in [-0.15, -0.1) is 0 Å². The van der Waals surface area contributed by atoms with Crippen LogP contribution in [-0.2, 0) is 0 Å². The molecule has 0 unspecified atom stereocenters. The molecule has 0 saturated carbocycles. The molecule has 0 aliphatic heterocycles. The van der Waals surface area contributed by atoms with E-state index < -0.39 is 5.63 Å². The summed E-state index contributed by atoms with van der Waals surface area (Å²) in [6.07, 6.45) is 0. The molecule has 0 bridgehead atoms. The first kappa shape index (κ1) is 8.25. The van der Waals surface area contributed by atoms with Crippen molar-refractivity contribution in [3.63, 3.8) is 0 Å². The summed E-state index contributed by atoms with van der Waals surface area (Å²) >= 11 is 3.25. The van der Waals surface area contributed by atoms with Gasteiger partial charge in [-0.25, -0.2) is 4.79 Å². The van der Waals surface area contributed by atoms with E-state index in [0.717, 1.165) is 4.47 Å². The van der Waals surface area contributed by atoms with E-state index in [1.807, 2.05) is 0 Å². The van der Waals surface area contributed by atoms with Crippen LogP contribution >= 0.6 is 15.9 Å². The highest BCUT2D eigenvalue weighted by molar-refractivity contribution is 9.10. The molecule has 2 aromatic rings. The van der Waals surface area contributed by atoms with Crippen LogP contribution in [0.15, 0.2) is 31.9 Å². The van der Waals surface area contributed by atoms with E-state index in [2.05, 4.69) is 25.3 Å². The molecule has 0 radical (unpaired) electrons. The van der Waals surface area contributed by atoms with Crippen LogP contribution < -0.4 is 11.4 Å². The molecule has 4 nitrogen and oxygen atoms in total. The molecule has 0 atom stereocenters. The number of nitrogens with two attached hydrogens (primary N) is 1. The Kier molecular flexibility index (Phi) is 1.81. The van der Waals surface area contributed by atoms with Crippen LogP contribution in [0.4, 0.5) is 6.01 Å². The Labute approximate surface area is 81.5 Å². The van der Waals surface area contributed by atoms with Crippen molar-refractivity contribution >= 4 is 32.8 Å². The van der Waals surface area contributed by atoms with Gasteiger partial charge in [-0.05, 0) is 18.2 Å². The second kappa shape index (κ2) is 2.85. The number of hydrogen-bond donors (Lipinski definition) is 1. The number of benzene rings is 1. The molecule has 0 fully saturated rings. The van der Waals surface area contributed by atoms with Crippen molar-refractivity contribution in [1.82, 2.24) is 4.98 Å². The summed E-state index contributed by atoms with van der Waals surface area (Å²) in [5.41, 5.74) is 5.34. The van der Waals surface area contributed by atoms with Gasteiger partial charge in [-0.2, -0.15) is 4.98 Å². The predicted molar refractivity (Wildman–Crippen MR) is 52.4 cm³/mol. The molecule has 1 aromatic heterocycles. The number of hydrogen-bond acceptors (Lipinski definition) is 4. The zero-order valence-corrected chi connectivity index (χ0v) is 8.04. The lowest BCUT2D eigenvalue weighted by atomic mass is 10.2. The average Bonchev–Trinajstić information content (AvgIpc) is 2.06. The number of anilines is 1. The Morgan fingerprint density at radius 2 is 2.23 bits per heavy atom. The van der Waals surface area contributed by atoms with Crippen LogP contribution in [0.25, 0.3) is 10.9 Å². The van der Waals surface area contributed by atoms with E-state index in [-0.39, 0.29) is 6.01 Å². The predicted octanol–water partition coefficient (Wildman–Crippen LogP) is 1.53. The van der Waals surface area contributed by atoms with Gasteiger partial charge in [0.2, 0.25) is 0 Å². The second-order valence-electron chi connectivity index (χ2n) is 2.50. The van der Waals surface area contributed by atoms with Crippen molar-refractivity contribution in [2.45, 2.75) is 0 Å². The third-order valence-corrected chi connectivity index (χ3v) is 2.10. The molecule has 0 saturated heterocycles. The van der Waals surface area contributed by atoms with E-state index in [9.17, 15) is 4.79 Å². The minimum Gasteiger partial charge on any atom is -0.389 e. The highest BCUT2D eigenvalue weighted by Gasteiger charge is 2.03. The molecule has 1 heterocycles. The Morgan fingerprint density at radius 1 is 1.46 bits per heavy atom. The van der Waals surface area contributed by atoms with Gasteiger partial charge in [0.05, 0.1) is 10.9 Å². The lowest BCUT2D eigenvalue weighted by molar-refractivity contribution is 0.524. The fourth-order valence-electron chi connectivity index (χ4n) is 1.06. The summed E-state index contributed by atoms with van der Waals surface area (Å²) in [5.74, 6) is 0. The highest BCUT2D eigenvalue weighted by Crippen LogP contribution is 2.15. The lowest BCUT2D eigenvalue weighted by Crippen LogP contribution is -2.04. The number of nitrogen functional groups attached to an aromatic ring is 1. The Bertz CT molecular complexity index is 521. The lowest BCUT2D eigenvalue weighted by Gasteiger charge is -1.96. The quantitative estimate of drug-likeness (QED) is 0.759. The SMILES string of the molecule is Nc1nc2ccc(Br)cc2c(=O)o1. The van der Waals surface area contributed by atoms with Crippen molar-refractivity contribution in [3.05, 3.63) is 33.1 Å². The van der Waals surface area contributed by atoms with Crippen molar-refractivity contribution < 1.29 is 4.42 Å². The number of nitrogens with zero attached hydrogens (tertiary/aromatic N) is 1. The highest BCUT2D eigenvalue weighted by atomic mass is 79.9. The van der Waals surface area contributed by atoms with Gasteiger partial charge in [0.25, 0.3) is 6.01 Å². The molecule has 0 spiro atoms. The number of fused-ring (bicyclic) bond motifs is 1. The van der Waals surface area contributed by atoms with Gasteiger partial charge in [-0.1, -0.05) is 15.9 Å². The number of rotatable bonds is 0. The third-order valence-electron chi connectivity index (χ3n) is 1.61. The summed E-state index contributed by atoms with van der Waals surface area (Å²) in [4.78, 5) is 15.1. The molecule has 0 aliphatic carbocycles. The summed E-state index contributed by atoms with van der Waals surface area (Å²) in [7, 11) is 0. The molecule has 0 aliphatic rings. The minimum absolute atomic E-state index is 0.111. The second-order valence-corrected chi connectivity index (χ2v) is 3.42. The molecular weight excluding hydrogens is 236 g/mol. The van der Waals surface area contributed by atoms with E-state index >= 15 is 0 Å². The van der Waals surface area contributed by atoms with Crippen molar-refractivity contribution in [1.29, 1.82) is 0 Å². The van der Waals surface area contributed by atoms with E-state index in [1.165, 1.54) is 0 Å². The maximum Gasteiger partial charge on any atom is 0.348 e. The number of halogens is 1. The first-order chi connectivity index (χ1) is 6.16. The van der Waals surface area contributed by atoms with Crippen LogP contribution in [0.2, 0.25) is 0 Å². The largest absolute Gasteiger partial charge is 0.389 e. The molecule has 13 heavy (non-hydrogen) atoms. The van der Waals surface area contributed by atoms with Gasteiger partial charge in [0, 0.05) is 4.47 Å². The first-order valence-corrected chi connectivity index (χ1v) is 4.32. The normalized spacial score (nSPS) is 10.5. The molecular formula is C8H5BrN2O2. The molecule has 5 heteroatoms. The fraction of sp³-hybridized carbons (Fsp3) is 0. The zero-order valence-electron chi connectivity index (χ0n) is 6.45. The summed E-state index contributed by atoms with van der Waals surface area (Å²) in [6.45, 7) is 0. The van der Waals surface area contributed by atoms with Gasteiger partial charge in [0.15, 0.2) is 0 Å². The van der Waals surface area contributed by atoms with Gasteiger partial charge >= 0.3 is 5.63 Å². The third kappa shape index (κ3) is 1.42. The van der Waals surface area contributed by atoms with E-state index in [0.29, 0.717) is 10.9 Å². The molecule has 2 rings (SSSR count). The molecule has 1 aromatic carbocycles. The first-order valence-electron chi connectivity index (χ1n) is 3.53. The monoisotopic (exact) mass is 240 g/mol. The van der Waals surface area contributed by atoms with E-state index in [1.54, 1.807) is 18.2 Å². The van der Waals surface area contributed by atoms with Crippen LogP contribution in [0.1, 0.15) is 0 Å². The molecule has 2 N–H and O–H groups in total. The standard InChI is InChI=1S/C8H5BrN2O2/c9-4-1-2-6-5(3-4)7(12)13-8(10)11-6/h1-3H,(H2,10,11). The van der Waals surface area contributed by atoms with Crippen molar-refractivity contribution in [3.8, 4) is 0 Å². The maximum atomic E-state index is 11.2. The Morgan fingerprint density at radius 3 is 3.00 bits per heavy atom. The zero-order chi connectivity index (χ0) is 9.42. The fourth-order valence-corrected chi connectivity index (χ4v) is 1.42. The van der Waals surface area contributed by atoms with E-state index in [4.69, 9.17) is 5.73 Å². The van der Waals surface area contributed by atoms with Crippen LogP contribution in [0, 0.1) is 0 Å². The summed E-state index contributed by atoms with van der Waals surface area (Å²) < 4.78 is 5.44. The van der Waals surface area contributed by atoms with Crippen LogP contribution in [-0.4, -0.2) is 4.98 Å². The van der Waals surface area contributed by atoms with Crippen molar-refractivity contribution in [2.24, 2.45) is 0 Å². The summed E-state index contributed by atoms with van der Waals surface area (Å²) in [5, 5.41) is 0.420. The van der Waals surface area contributed by atoms with Crippen molar-refractivity contribution in [2.75, 3.05) is 5.73 Å². The molecule has 66 valence electrons. The van der Waals surface area contributed by atoms with Gasteiger partial charge in [-0.3, -0.25) is 0 Å². The topological polar surface area (TPSA) is 69.1 Å². The maximum absolute atomic E-state index is 11.2. The minimum atomic E-state index is -0.469. The van der Waals surface area contributed by atoms with Crippen LogP contribution in [0.3, 0.4) is 0 Å². The van der Waals surface area contributed by atoms with Gasteiger partial charge < -0.3 is 10.2 Å². The Balaban J connectivity index is 2.95. The number of aromatic nitrogens is 1. The average molecular weight is 241 g/mol. The van der Waals surface area contributed by atoms with Crippen LogP contribution in [0.5, 0.6) is 0 Å². The smallest absolute Gasteiger partial charge is 0.348 e. The summed E-state index contributed by atoms with van der Waals surface area (Å²) in [6, 6.07) is 5.02.